The van der Waals surface area contributed by atoms with Crippen molar-refractivity contribution >= 4 is 34.6 Å². The Labute approximate surface area is 295 Å². The second kappa shape index (κ2) is 16.6. The van der Waals surface area contributed by atoms with E-state index in [-0.39, 0.29) is 37.7 Å². The summed E-state index contributed by atoms with van der Waals surface area (Å²) in [5.41, 5.74) is 2.00. The smallest absolute Gasteiger partial charge is 0.407 e. The number of ether oxygens (including phenoxy) is 2. The lowest BCUT2D eigenvalue weighted by atomic mass is 9.99. The molecule has 0 saturated carbocycles. The highest BCUT2D eigenvalue weighted by Crippen LogP contribution is 2.20. The van der Waals surface area contributed by atoms with Crippen molar-refractivity contribution in [2.24, 2.45) is 0 Å². The van der Waals surface area contributed by atoms with Crippen molar-refractivity contribution in [2.45, 2.75) is 64.8 Å². The van der Waals surface area contributed by atoms with Gasteiger partial charge in [-0.1, -0.05) is 84.9 Å². The molecule has 51 heavy (non-hydrogen) atoms. The fourth-order valence-electron chi connectivity index (χ4n) is 5.34. The van der Waals surface area contributed by atoms with Crippen molar-refractivity contribution in [1.82, 2.24) is 26.1 Å². The molecule has 0 radical (unpaired) electrons. The summed E-state index contributed by atoms with van der Waals surface area (Å²) in [6.45, 7) is 7.25. The molecule has 1 aromatic heterocycles. The van der Waals surface area contributed by atoms with Crippen LogP contribution < -0.4 is 16.0 Å². The molecule has 3 amide bonds. The minimum Gasteiger partial charge on any atom is -0.460 e. The van der Waals surface area contributed by atoms with Gasteiger partial charge < -0.3 is 29.9 Å². The second-order valence-electron chi connectivity index (χ2n) is 12.9. The van der Waals surface area contributed by atoms with E-state index in [1.165, 1.54) is 0 Å². The monoisotopic (exact) mass is 691 g/mol. The van der Waals surface area contributed by atoms with E-state index in [0.717, 1.165) is 21.9 Å². The van der Waals surface area contributed by atoms with E-state index in [1.807, 2.05) is 72.8 Å². The number of esters is 1. The van der Waals surface area contributed by atoms with Crippen LogP contribution in [0.15, 0.2) is 102 Å². The first-order chi connectivity index (χ1) is 24.5. The van der Waals surface area contributed by atoms with Gasteiger partial charge in [0.1, 0.15) is 17.7 Å². The standard InChI is InChI=1S/C39H41N5O7/c1-5-49-37(47)33-43-36(51-44-33)32(22-25-12-7-6-8-13-25)42-35(46)31(23-26-18-19-28-15-9-10-16-29(28)20-26)41-34(45)30-17-11-14-27(21-30)24-40-38(48)50-39(2,3)4/h6-21,31-32H,5,22-24H2,1-4H3,(H,40,48)(H,41,45)(H,42,46)/t31?,32-/m1/s1. The third-order valence-electron chi connectivity index (χ3n) is 7.70. The van der Waals surface area contributed by atoms with Gasteiger partial charge in [0.25, 0.3) is 11.7 Å². The van der Waals surface area contributed by atoms with Crippen molar-refractivity contribution in [3.8, 4) is 0 Å². The van der Waals surface area contributed by atoms with E-state index in [0.29, 0.717) is 11.1 Å². The first-order valence-corrected chi connectivity index (χ1v) is 16.7. The Morgan fingerprint density at radius 3 is 2.25 bits per heavy atom. The number of carbonyl (C=O) groups is 4. The van der Waals surface area contributed by atoms with Crippen LogP contribution in [-0.4, -0.2) is 52.3 Å². The molecule has 264 valence electrons. The molecule has 0 aliphatic heterocycles. The molecule has 5 aromatic rings. The lowest BCUT2D eigenvalue weighted by molar-refractivity contribution is -0.123. The van der Waals surface area contributed by atoms with Gasteiger partial charge in [-0.3, -0.25) is 9.59 Å². The van der Waals surface area contributed by atoms with Crippen LogP contribution in [0.1, 0.15) is 77.3 Å². The van der Waals surface area contributed by atoms with Gasteiger partial charge in [-0.15, -0.1) is 0 Å². The maximum Gasteiger partial charge on any atom is 0.407 e. The molecule has 1 unspecified atom stereocenters. The molecule has 0 bridgehead atoms. The highest BCUT2D eigenvalue weighted by molar-refractivity contribution is 5.98. The van der Waals surface area contributed by atoms with Crippen LogP contribution in [0.5, 0.6) is 0 Å². The van der Waals surface area contributed by atoms with Gasteiger partial charge in [0.05, 0.1) is 6.61 Å². The second-order valence-corrected chi connectivity index (χ2v) is 12.9. The molecule has 1 heterocycles. The van der Waals surface area contributed by atoms with Crippen molar-refractivity contribution in [3.05, 3.63) is 131 Å². The Hall–Kier alpha value is -6.04. The molecule has 4 aromatic carbocycles. The molecule has 12 heteroatoms. The predicted octanol–water partition coefficient (Wildman–Crippen LogP) is 5.87. The largest absolute Gasteiger partial charge is 0.460 e. The van der Waals surface area contributed by atoms with Crippen molar-refractivity contribution < 1.29 is 33.2 Å². The molecule has 12 nitrogen and oxygen atoms in total. The van der Waals surface area contributed by atoms with Gasteiger partial charge >= 0.3 is 12.1 Å². The summed E-state index contributed by atoms with van der Waals surface area (Å²) in [6.07, 6.45) is -0.149. The number of hydrogen-bond acceptors (Lipinski definition) is 9. The van der Waals surface area contributed by atoms with Crippen molar-refractivity contribution in [2.75, 3.05) is 6.61 Å². The van der Waals surface area contributed by atoms with Crippen LogP contribution in [0.3, 0.4) is 0 Å². The summed E-state index contributed by atoms with van der Waals surface area (Å²) in [5, 5.41) is 14.4. The molecule has 3 N–H and O–H groups in total. The molecule has 0 saturated heterocycles. The number of rotatable bonds is 13. The summed E-state index contributed by atoms with van der Waals surface area (Å²) in [5.74, 6) is -1.99. The first-order valence-electron chi connectivity index (χ1n) is 16.7. The van der Waals surface area contributed by atoms with E-state index in [1.54, 1.807) is 52.0 Å². The van der Waals surface area contributed by atoms with Gasteiger partial charge in [-0.2, -0.15) is 4.98 Å². The molecule has 0 aliphatic rings. The van der Waals surface area contributed by atoms with Gasteiger partial charge in [0, 0.05) is 24.9 Å². The number of aromatic nitrogens is 2. The Morgan fingerprint density at radius 2 is 1.51 bits per heavy atom. The third kappa shape index (κ3) is 10.5. The van der Waals surface area contributed by atoms with E-state index >= 15 is 0 Å². The molecule has 0 spiro atoms. The van der Waals surface area contributed by atoms with E-state index in [2.05, 4.69) is 26.1 Å². The first kappa shape index (κ1) is 36.2. The zero-order chi connectivity index (χ0) is 36.4. The van der Waals surface area contributed by atoms with E-state index < -0.39 is 41.6 Å². The lowest BCUT2D eigenvalue weighted by Crippen LogP contribution is -2.49. The van der Waals surface area contributed by atoms with E-state index in [9.17, 15) is 19.2 Å². The minimum atomic E-state index is -1.03. The summed E-state index contributed by atoms with van der Waals surface area (Å²) >= 11 is 0. The summed E-state index contributed by atoms with van der Waals surface area (Å²) in [6, 6.07) is 28.0. The van der Waals surface area contributed by atoms with Gasteiger partial charge in [-0.25, -0.2) is 9.59 Å². The lowest BCUT2D eigenvalue weighted by Gasteiger charge is -2.22. The number of benzene rings is 4. The maximum absolute atomic E-state index is 14.2. The number of amides is 3. The molecule has 0 fully saturated rings. The summed E-state index contributed by atoms with van der Waals surface area (Å²) in [7, 11) is 0. The summed E-state index contributed by atoms with van der Waals surface area (Å²) in [4.78, 5) is 56.7. The molecule has 5 rings (SSSR count). The Bertz CT molecular complexity index is 1990. The van der Waals surface area contributed by atoms with Crippen LogP contribution in [-0.2, 0) is 33.7 Å². The number of nitrogens with zero attached hydrogens (tertiary/aromatic N) is 2. The SMILES string of the molecule is CCOC(=O)c1noc([C@@H](Cc2ccccc2)NC(=O)C(Cc2ccc3ccccc3c2)NC(=O)c2cccc(CNC(=O)OC(C)(C)C)c2)n1. The Kier molecular flexibility index (Phi) is 11.8. The van der Waals surface area contributed by atoms with Crippen LogP contribution in [0.2, 0.25) is 0 Å². The van der Waals surface area contributed by atoms with Crippen LogP contribution in [0, 0.1) is 0 Å². The average Bonchev–Trinajstić information content (AvgIpc) is 3.61. The van der Waals surface area contributed by atoms with Gasteiger partial charge in [0.15, 0.2) is 0 Å². The van der Waals surface area contributed by atoms with Crippen molar-refractivity contribution in [1.29, 1.82) is 0 Å². The number of hydrogen-bond donors (Lipinski definition) is 3. The Balaban J connectivity index is 1.40. The predicted molar refractivity (Wildman–Crippen MR) is 190 cm³/mol. The quantitative estimate of drug-likeness (QED) is 0.128. The molecular formula is C39H41N5O7. The normalized spacial score (nSPS) is 12.4. The van der Waals surface area contributed by atoms with Gasteiger partial charge in [0.2, 0.25) is 11.8 Å². The van der Waals surface area contributed by atoms with Crippen molar-refractivity contribution in [3.63, 3.8) is 0 Å². The molecular weight excluding hydrogens is 650 g/mol. The van der Waals surface area contributed by atoms with Crippen LogP contribution >= 0.6 is 0 Å². The zero-order valence-corrected chi connectivity index (χ0v) is 29.0. The zero-order valence-electron chi connectivity index (χ0n) is 29.0. The maximum atomic E-state index is 14.2. The number of fused-ring (bicyclic) bond motifs is 1. The van der Waals surface area contributed by atoms with Crippen LogP contribution in [0.4, 0.5) is 4.79 Å². The average molecular weight is 692 g/mol. The summed E-state index contributed by atoms with van der Waals surface area (Å²) < 4.78 is 15.8. The number of alkyl carbamates (subject to hydrolysis) is 1. The highest BCUT2D eigenvalue weighted by atomic mass is 16.6. The highest BCUT2D eigenvalue weighted by Gasteiger charge is 2.29. The van der Waals surface area contributed by atoms with E-state index in [4.69, 9.17) is 14.0 Å². The van der Waals surface area contributed by atoms with Gasteiger partial charge in [-0.05, 0) is 72.4 Å². The fourth-order valence-corrected chi connectivity index (χ4v) is 5.34. The molecule has 0 aliphatic carbocycles. The molecule has 2 atom stereocenters. The number of nitrogens with one attached hydrogen (secondary N) is 3. The van der Waals surface area contributed by atoms with Crippen LogP contribution in [0.25, 0.3) is 10.8 Å². The minimum absolute atomic E-state index is 0.0104. The fraction of sp³-hybridized carbons (Fsp3) is 0.282. The Morgan fingerprint density at radius 1 is 0.784 bits per heavy atom. The number of carbonyl (C=O) groups excluding carboxylic acids is 4. The topological polar surface area (TPSA) is 162 Å². The third-order valence-corrected chi connectivity index (χ3v) is 7.70.